The number of anilines is 1. The molecular weight excluding hydrogens is 329 g/mol. The first-order valence-electron chi connectivity index (χ1n) is 5.06. The number of ether oxygens (including phenoxy) is 1. The Morgan fingerprint density at radius 3 is 2.35 bits per heavy atom. The van der Waals surface area contributed by atoms with Crippen LogP contribution in [0.3, 0.4) is 0 Å². The van der Waals surface area contributed by atoms with Gasteiger partial charge in [0.1, 0.15) is 11.6 Å². The fourth-order valence-corrected chi connectivity index (χ4v) is 1.69. The van der Waals surface area contributed by atoms with E-state index < -0.39 is 0 Å². The summed E-state index contributed by atoms with van der Waals surface area (Å²) < 4.78 is 6.01. The second-order valence-electron chi connectivity index (χ2n) is 3.56. The molecule has 1 aromatic carbocycles. The number of hydrogen-bond acceptors (Lipinski definition) is 4. The van der Waals surface area contributed by atoms with Gasteiger partial charge in [-0.1, -0.05) is 0 Å². The van der Waals surface area contributed by atoms with E-state index in [4.69, 9.17) is 10.5 Å². The molecule has 0 radical (unpaired) electrons. The van der Waals surface area contributed by atoms with Crippen LogP contribution in [0.15, 0.2) is 24.3 Å². The zero-order chi connectivity index (χ0) is 12.4. The molecule has 0 amide bonds. The lowest BCUT2D eigenvalue weighted by Crippen LogP contribution is -2.02. The van der Waals surface area contributed by atoms with Crippen LogP contribution in [0.25, 0.3) is 11.4 Å². The van der Waals surface area contributed by atoms with Crippen molar-refractivity contribution >= 4 is 28.4 Å². The van der Waals surface area contributed by atoms with Gasteiger partial charge in [0.2, 0.25) is 0 Å². The molecule has 1 aromatic heterocycles. The monoisotopic (exact) mass is 341 g/mol. The van der Waals surface area contributed by atoms with Crippen molar-refractivity contribution in [2.45, 2.75) is 6.92 Å². The Morgan fingerprint density at radius 1 is 1.18 bits per heavy atom. The third-order valence-corrected chi connectivity index (χ3v) is 3.72. The fourth-order valence-electron chi connectivity index (χ4n) is 1.45. The predicted octanol–water partition coefficient (Wildman–Crippen LogP) is 2.65. The molecule has 2 rings (SSSR count). The number of aryl methyl sites for hydroxylation is 1. The molecule has 0 bridgehead atoms. The third kappa shape index (κ3) is 2.49. The maximum absolute atomic E-state index is 5.83. The first-order valence-corrected chi connectivity index (χ1v) is 6.13. The molecule has 1 heterocycles. The van der Waals surface area contributed by atoms with Gasteiger partial charge in [0.05, 0.1) is 16.4 Å². The van der Waals surface area contributed by atoms with Crippen molar-refractivity contribution in [1.82, 2.24) is 9.97 Å². The minimum Gasteiger partial charge on any atom is -0.497 e. The summed E-state index contributed by atoms with van der Waals surface area (Å²) in [6.07, 6.45) is 0. The van der Waals surface area contributed by atoms with E-state index in [2.05, 4.69) is 32.6 Å². The molecule has 0 saturated heterocycles. The molecule has 0 spiro atoms. The lowest BCUT2D eigenvalue weighted by molar-refractivity contribution is 0.415. The summed E-state index contributed by atoms with van der Waals surface area (Å²) >= 11 is 2.15. The summed E-state index contributed by atoms with van der Waals surface area (Å²) in [7, 11) is 1.64. The van der Waals surface area contributed by atoms with Gasteiger partial charge in [0, 0.05) is 5.56 Å². The Labute approximate surface area is 113 Å². The van der Waals surface area contributed by atoms with E-state index in [1.165, 1.54) is 0 Å². The van der Waals surface area contributed by atoms with Crippen molar-refractivity contribution in [2.75, 3.05) is 12.8 Å². The molecule has 0 aliphatic rings. The number of nitrogens with zero attached hydrogens (tertiary/aromatic N) is 2. The largest absolute Gasteiger partial charge is 0.497 e. The van der Waals surface area contributed by atoms with E-state index in [0.29, 0.717) is 11.6 Å². The van der Waals surface area contributed by atoms with E-state index >= 15 is 0 Å². The Hall–Kier alpha value is -1.37. The number of aromatic nitrogens is 2. The maximum atomic E-state index is 5.83. The van der Waals surface area contributed by atoms with Crippen LogP contribution in [0.1, 0.15) is 5.69 Å². The van der Waals surface area contributed by atoms with Gasteiger partial charge in [-0.05, 0) is 53.8 Å². The molecule has 0 atom stereocenters. The molecule has 0 unspecified atom stereocenters. The molecule has 4 nitrogen and oxygen atoms in total. The van der Waals surface area contributed by atoms with Crippen LogP contribution in [0.5, 0.6) is 5.75 Å². The van der Waals surface area contributed by atoms with Gasteiger partial charge in [0.15, 0.2) is 5.82 Å². The summed E-state index contributed by atoms with van der Waals surface area (Å²) in [6, 6.07) is 7.59. The van der Waals surface area contributed by atoms with Crippen molar-refractivity contribution in [3.63, 3.8) is 0 Å². The minimum absolute atomic E-state index is 0.518. The number of methoxy groups -OCH3 is 1. The van der Waals surface area contributed by atoms with Crippen molar-refractivity contribution in [2.24, 2.45) is 0 Å². The number of halogens is 1. The Bertz CT molecular complexity index is 517. The molecule has 0 aliphatic heterocycles. The molecule has 17 heavy (non-hydrogen) atoms. The van der Waals surface area contributed by atoms with Gasteiger partial charge >= 0.3 is 0 Å². The standard InChI is InChI=1S/C12H12IN3O/c1-7-10(13)11(14)16-12(15-7)8-3-5-9(17-2)6-4-8/h3-6H,1-2H3,(H2,14,15,16). The van der Waals surface area contributed by atoms with E-state index in [0.717, 1.165) is 20.6 Å². The summed E-state index contributed by atoms with van der Waals surface area (Å²) in [6.45, 7) is 1.92. The highest BCUT2D eigenvalue weighted by molar-refractivity contribution is 14.1. The zero-order valence-corrected chi connectivity index (χ0v) is 11.7. The Kier molecular flexibility index (Phi) is 3.46. The topological polar surface area (TPSA) is 61.0 Å². The number of hydrogen-bond donors (Lipinski definition) is 1. The van der Waals surface area contributed by atoms with E-state index in [1.807, 2.05) is 31.2 Å². The molecule has 2 aromatic rings. The van der Waals surface area contributed by atoms with Crippen LogP contribution in [-0.2, 0) is 0 Å². The van der Waals surface area contributed by atoms with Gasteiger partial charge < -0.3 is 10.5 Å². The Morgan fingerprint density at radius 2 is 1.82 bits per heavy atom. The molecule has 0 aliphatic carbocycles. The SMILES string of the molecule is COc1ccc(-c2nc(C)c(I)c(N)n2)cc1. The van der Waals surface area contributed by atoms with Crippen LogP contribution >= 0.6 is 22.6 Å². The van der Waals surface area contributed by atoms with Gasteiger partial charge in [-0.25, -0.2) is 9.97 Å². The minimum atomic E-state index is 0.518. The summed E-state index contributed by atoms with van der Waals surface area (Å²) in [5.41, 5.74) is 7.65. The summed E-state index contributed by atoms with van der Waals surface area (Å²) in [4.78, 5) is 8.70. The van der Waals surface area contributed by atoms with Gasteiger partial charge in [-0.2, -0.15) is 0 Å². The van der Waals surface area contributed by atoms with Crippen molar-refractivity contribution in [3.8, 4) is 17.1 Å². The normalized spacial score (nSPS) is 10.3. The fraction of sp³-hybridized carbons (Fsp3) is 0.167. The highest BCUT2D eigenvalue weighted by atomic mass is 127. The van der Waals surface area contributed by atoms with Crippen molar-refractivity contribution < 1.29 is 4.74 Å². The first-order chi connectivity index (χ1) is 8.11. The van der Waals surface area contributed by atoms with Gasteiger partial charge in [-0.3, -0.25) is 0 Å². The van der Waals surface area contributed by atoms with Crippen LogP contribution in [0.2, 0.25) is 0 Å². The van der Waals surface area contributed by atoms with Crippen molar-refractivity contribution in [1.29, 1.82) is 0 Å². The lowest BCUT2D eigenvalue weighted by Gasteiger charge is -2.06. The van der Waals surface area contributed by atoms with Crippen LogP contribution in [-0.4, -0.2) is 17.1 Å². The summed E-state index contributed by atoms with van der Waals surface area (Å²) in [5, 5.41) is 0. The van der Waals surface area contributed by atoms with Gasteiger partial charge in [-0.15, -0.1) is 0 Å². The van der Waals surface area contributed by atoms with E-state index in [1.54, 1.807) is 7.11 Å². The highest BCUT2D eigenvalue weighted by Gasteiger charge is 2.08. The van der Waals surface area contributed by atoms with Crippen LogP contribution in [0, 0.1) is 10.5 Å². The van der Waals surface area contributed by atoms with Gasteiger partial charge in [0.25, 0.3) is 0 Å². The molecule has 0 saturated carbocycles. The molecule has 5 heteroatoms. The quantitative estimate of drug-likeness (QED) is 0.853. The second kappa shape index (κ2) is 4.87. The Balaban J connectivity index is 2.45. The second-order valence-corrected chi connectivity index (χ2v) is 4.64. The molecule has 2 N–H and O–H groups in total. The number of nitrogen functional groups attached to an aromatic ring is 1. The highest BCUT2D eigenvalue weighted by Crippen LogP contribution is 2.23. The number of nitrogens with two attached hydrogens (primary N) is 1. The lowest BCUT2D eigenvalue weighted by atomic mass is 10.2. The van der Waals surface area contributed by atoms with E-state index in [-0.39, 0.29) is 0 Å². The summed E-state index contributed by atoms with van der Waals surface area (Å²) in [5.74, 6) is 1.97. The molecular formula is C12H12IN3O. The average Bonchev–Trinajstić information content (AvgIpc) is 2.35. The first kappa shape index (κ1) is 12.1. The van der Waals surface area contributed by atoms with E-state index in [9.17, 15) is 0 Å². The zero-order valence-electron chi connectivity index (χ0n) is 9.57. The molecule has 88 valence electrons. The molecule has 0 fully saturated rings. The third-order valence-electron chi connectivity index (χ3n) is 2.39. The van der Waals surface area contributed by atoms with Crippen molar-refractivity contribution in [3.05, 3.63) is 33.5 Å². The predicted molar refractivity (Wildman–Crippen MR) is 75.9 cm³/mol. The maximum Gasteiger partial charge on any atom is 0.161 e. The number of benzene rings is 1. The smallest absolute Gasteiger partial charge is 0.161 e. The average molecular weight is 341 g/mol. The van der Waals surface area contributed by atoms with Crippen LogP contribution < -0.4 is 10.5 Å². The number of rotatable bonds is 2. The van der Waals surface area contributed by atoms with Crippen LogP contribution in [0.4, 0.5) is 5.82 Å².